The van der Waals surface area contributed by atoms with Crippen LogP contribution in [0.3, 0.4) is 0 Å². The third-order valence-corrected chi connectivity index (χ3v) is 14.9. The van der Waals surface area contributed by atoms with Gasteiger partial charge in [-0.3, -0.25) is 0 Å². The Labute approximate surface area is 257 Å². The van der Waals surface area contributed by atoms with Gasteiger partial charge in [0.1, 0.15) is 0 Å². The molecule has 0 N–H and O–H groups in total. The van der Waals surface area contributed by atoms with Crippen molar-refractivity contribution >= 4 is 32.9 Å². The Morgan fingerprint density at radius 2 is 1.14 bits per heavy atom. The molecule has 0 bridgehead atoms. The van der Waals surface area contributed by atoms with Crippen molar-refractivity contribution in [1.29, 1.82) is 0 Å². The van der Waals surface area contributed by atoms with Crippen LogP contribution in [-0.2, 0) is 23.0 Å². The highest BCUT2D eigenvalue weighted by molar-refractivity contribution is 6.99. The van der Waals surface area contributed by atoms with E-state index in [1.807, 2.05) is 0 Å². The maximum absolute atomic E-state index is 7.24. The molecule has 0 amide bonds. The van der Waals surface area contributed by atoms with Crippen LogP contribution in [0.1, 0.15) is 82.6 Å². The molecule has 1 unspecified atom stereocenters. The van der Waals surface area contributed by atoms with Crippen LogP contribution < -0.4 is 10.4 Å². The van der Waals surface area contributed by atoms with Crippen LogP contribution in [0, 0.1) is 0 Å². The summed E-state index contributed by atoms with van der Waals surface area (Å²) >= 11 is 0. The average molecular weight is 590 g/mol. The molecule has 5 nitrogen and oxygen atoms in total. The van der Waals surface area contributed by atoms with E-state index in [0.29, 0.717) is 12.9 Å². The Bertz CT molecular complexity index is 1140. The lowest BCUT2D eigenvalue weighted by molar-refractivity contribution is 0.00578. The highest BCUT2D eigenvalue weighted by Crippen LogP contribution is 2.43. The van der Waals surface area contributed by atoms with Gasteiger partial charge in [0.15, 0.2) is 0 Å². The number of hydrogen-bond donors (Lipinski definition) is 0. The molecule has 2 saturated heterocycles. The largest absolute Gasteiger partial charge is 0.465 e. The minimum atomic E-state index is -2.64. The van der Waals surface area contributed by atoms with Crippen LogP contribution in [0.5, 0.6) is 0 Å². The fourth-order valence-electron chi connectivity index (χ4n) is 5.92. The maximum Gasteiger partial charge on any atom is 0.465 e. The molecule has 0 saturated carbocycles. The monoisotopic (exact) mass is 590 g/mol. The third-order valence-electron chi connectivity index (χ3n) is 9.82. The summed E-state index contributed by atoms with van der Waals surface area (Å²) in [6.07, 6.45) is 5.82. The molecule has 0 spiro atoms. The third kappa shape index (κ3) is 6.55. The molecule has 2 heterocycles. The Kier molecular flexibility index (Phi) is 9.51. The normalized spacial score (nSPS) is 22.2. The van der Waals surface area contributed by atoms with Crippen LogP contribution >= 0.6 is 0 Å². The lowest BCUT2D eigenvalue weighted by Crippen LogP contribution is -2.66. The van der Waals surface area contributed by atoms with E-state index in [4.69, 9.17) is 23.0 Å². The van der Waals surface area contributed by atoms with Gasteiger partial charge in [-0.05, 0) is 77.2 Å². The van der Waals surface area contributed by atoms with Crippen molar-refractivity contribution in [2.24, 2.45) is 0 Å². The van der Waals surface area contributed by atoms with Gasteiger partial charge in [0.05, 0.1) is 22.4 Å². The molecule has 2 fully saturated rings. The van der Waals surface area contributed by atoms with E-state index in [-0.39, 0.29) is 36.3 Å². The first-order chi connectivity index (χ1) is 19.4. The van der Waals surface area contributed by atoms with Gasteiger partial charge in [0, 0.05) is 18.7 Å². The van der Waals surface area contributed by atoms with Crippen LogP contribution in [0.15, 0.2) is 72.8 Å². The highest BCUT2D eigenvalue weighted by Gasteiger charge is 2.54. The van der Waals surface area contributed by atoms with E-state index >= 15 is 0 Å². The predicted molar refractivity (Wildman–Crippen MR) is 178 cm³/mol. The summed E-state index contributed by atoms with van der Waals surface area (Å²) < 4.78 is 32.8. The van der Waals surface area contributed by atoms with E-state index < -0.39 is 19.5 Å². The maximum atomic E-state index is 7.24. The zero-order chi connectivity index (χ0) is 31.0. The SMILES string of the molecule is CC1(C)OB(C/C=C\C(CCO[Si](c2ccccc2)(c2ccccc2)C(C)(C)C)B2OC(C)(C)C(C)(C)O2)OC1(C)C. The number of rotatable bonds is 10. The first kappa shape index (κ1) is 33.2. The van der Waals surface area contributed by atoms with E-state index in [1.165, 1.54) is 10.4 Å². The average Bonchev–Trinajstić information content (AvgIpc) is 3.24. The molecule has 0 aromatic heterocycles. The highest BCUT2D eigenvalue weighted by atomic mass is 28.4. The number of benzene rings is 2. The fourth-order valence-corrected chi connectivity index (χ4v) is 10.5. The van der Waals surface area contributed by atoms with E-state index in [0.717, 1.165) is 6.42 Å². The summed E-state index contributed by atoms with van der Waals surface area (Å²) in [5.74, 6) is 0.00619. The minimum Gasteiger partial charge on any atom is -0.407 e. The second-order valence-electron chi connectivity index (χ2n) is 14.9. The van der Waals surface area contributed by atoms with E-state index in [2.05, 4.69) is 149 Å². The van der Waals surface area contributed by atoms with E-state index in [9.17, 15) is 0 Å². The van der Waals surface area contributed by atoms with Crippen molar-refractivity contribution in [3.8, 4) is 0 Å². The predicted octanol–water partition coefficient (Wildman–Crippen LogP) is 7.06. The summed E-state index contributed by atoms with van der Waals surface area (Å²) in [6, 6.07) is 21.6. The Morgan fingerprint density at radius 1 is 0.714 bits per heavy atom. The van der Waals surface area contributed by atoms with Crippen molar-refractivity contribution in [2.45, 2.75) is 122 Å². The Balaban J connectivity index is 1.59. The smallest absolute Gasteiger partial charge is 0.407 e. The van der Waals surface area contributed by atoms with Crippen LogP contribution in [-0.4, -0.2) is 51.6 Å². The first-order valence-corrected chi connectivity index (χ1v) is 17.5. The molecule has 2 aliphatic heterocycles. The Hall–Kier alpha value is -1.67. The molecular weight excluding hydrogens is 538 g/mol. The van der Waals surface area contributed by atoms with Crippen LogP contribution in [0.4, 0.5) is 0 Å². The lowest BCUT2D eigenvalue weighted by atomic mass is 9.69. The molecule has 0 aliphatic carbocycles. The molecule has 42 heavy (non-hydrogen) atoms. The van der Waals surface area contributed by atoms with E-state index in [1.54, 1.807) is 0 Å². The molecule has 8 heteroatoms. The van der Waals surface area contributed by atoms with Crippen molar-refractivity contribution < 1.29 is 23.0 Å². The van der Waals surface area contributed by atoms with Gasteiger partial charge in [-0.25, -0.2) is 0 Å². The van der Waals surface area contributed by atoms with Crippen LogP contribution in [0.25, 0.3) is 0 Å². The second-order valence-corrected chi connectivity index (χ2v) is 19.2. The van der Waals surface area contributed by atoms with Gasteiger partial charge >= 0.3 is 14.2 Å². The summed E-state index contributed by atoms with van der Waals surface area (Å²) in [4.78, 5) is 0. The summed E-state index contributed by atoms with van der Waals surface area (Å²) in [5.41, 5.74) is -1.51. The van der Waals surface area contributed by atoms with Gasteiger partial charge in [-0.2, -0.15) is 0 Å². The molecule has 228 valence electrons. The summed E-state index contributed by atoms with van der Waals surface area (Å²) in [7, 11) is -3.29. The molecule has 4 rings (SSSR count). The molecule has 2 aliphatic rings. The quantitative estimate of drug-likeness (QED) is 0.219. The second kappa shape index (κ2) is 12.0. The molecular formula is C34H52B2O5Si. The van der Waals surface area contributed by atoms with Gasteiger partial charge in [-0.15, -0.1) is 0 Å². The summed E-state index contributed by atoms with van der Waals surface area (Å²) in [6.45, 7) is 24.3. The molecule has 2 aromatic rings. The molecule has 2 aromatic carbocycles. The standard InChI is InChI=1S/C34H52B2O5Si/c1-30(2,3)42(28-20-14-12-15-21-28,29-22-16-13-17-23-29)37-26-24-27(36-40-33(8,9)34(10,11)41-36)19-18-25-35-38-31(4,5)32(6,7)39-35/h12-23,27H,24-26H2,1-11H3/b19-18-. The van der Waals surface area contributed by atoms with Crippen molar-refractivity contribution in [3.63, 3.8) is 0 Å². The number of allylic oxidation sites excluding steroid dienone is 2. The Morgan fingerprint density at radius 3 is 1.57 bits per heavy atom. The zero-order valence-corrected chi connectivity index (χ0v) is 28.8. The van der Waals surface area contributed by atoms with Gasteiger partial charge < -0.3 is 23.0 Å². The number of hydrogen-bond acceptors (Lipinski definition) is 5. The van der Waals surface area contributed by atoms with Gasteiger partial charge in [-0.1, -0.05) is 93.6 Å². The van der Waals surface area contributed by atoms with Crippen molar-refractivity contribution in [3.05, 3.63) is 72.8 Å². The van der Waals surface area contributed by atoms with Crippen molar-refractivity contribution in [2.75, 3.05) is 6.61 Å². The molecule has 0 radical (unpaired) electrons. The van der Waals surface area contributed by atoms with Gasteiger partial charge in [0.25, 0.3) is 8.32 Å². The summed E-state index contributed by atoms with van der Waals surface area (Å²) in [5, 5.41) is 2.49. The van der Waals surface area contributed by atoms with Gasteiger partial charge in [0.2, 0.25) is 0 Å². The minimum absolute atomic E-state index is 0.00619. The lowest BCUT2D eigenvalue weighted by Gasteiger charge is -2.43. The zero-order valence-electron chi connectivity index (χ0n) is 27.8. The van der Waals surface area contributed by atoms with Crippen LogP contribution in [0.2, 0.25) is 17.2 Å². The first-order valence-electron chi connectivity index (χ1n) is 15.5. The fraction of sp³-hybridized carbons (Fsp3) is 0.588. The van der Waals surface area contributed by atoms with Crippen molar-refractivity contribution in [1.82, 2.24) is 0 Å². The molecule has 1 atom stereocenters. The topological polar surface area (TPSA) is 46.2 Å².